The van der Waals surface area contributed by atoms with Crippen molar-refractivity contribution in [2.45, 2.75) is 6.54 Å². The molecule has 1 aromatic carbocycles. The van der Waals surface area contributed by atoms with Crippen LogP contribution in [0.5, 0.6) is 0 Å². The average Bonchev–Trinajstić information content (AvgIpc) is 2.88. The second-order valence-electron chi connectivity index (χ2n) is 4.40. The van der Waals surface area contributed by atoms with Gasteiger partial charge in [0, 0.05) is 24.5 Å². The lowest BCUT2D eigenvalue weighted by Crippen LogP contribution is -2.07. The Morgan fingerprint density at radius 3 is 3.00 bits per heavy atom. The summed E-state index contributed by atoms with van der Waals surface area (Å²) in [6.07, 6.45) is 3.68. The summed E-state index contributed by atoms with van der Waals surface area (Å²) in [6, 6.07) is 10.8. The number of nitrogens with zero attached hydrogens (tertiary/aromatic N) is 2. The topological polar surface area (TPSA) is 29.3 Å². The van der Waals surface area contributed by atoms with Crippen LogP contribution >= 0.6 is 0 Å². The van der Waals surface area contributed by atoms with E-state index in [9.17, 15) is 4.39 Å². The molecule has 0 unspecified atom stereocenters. The molecule has 0 radical (unpaired) electrons. The van der Waals surface area contributed by atoms with Crippen LogP contribution in [-0.2, 0) is 6.54 Å². The second-order valence-corrected chi connectivity index (χ2v) is 4.40. The molecule has 0 bridgehead atoms. The summed E-state index contributed by atoms with van der Waals surface area (Å²) >= 11 is 0. The quantitative estimate of drug-likeness (QED) is 0.779. The van der Waals surface area contributed by atoms with Crippen LogP contribution in [0.4, 0.5) is 4.39 Å². The van der Waals surface area contributed by atoms with Crippen LogP contribution in [-0.4, -0.2) is 16.4 Å². The van der Waals surface area contributed by atoms with Gasteiger partial charge in [0.2, 0.25) is 0 Å². The van der Waals surface area contributed by atoms with Gasteiger partial charge in [-0.3, -0.25) is 4.40 Å². The van der Waals surface area contributed by atoms with Crippen molar-refractivity contribution in [1.82, 2.24) is 14.7 Å². The molecule has 96 valence electrons. The van der Waals surface area contributed by atoms with Crippen molar-refractivity contribution in [2.24, 2.45) is 0 Å². The van der Waals surface area contributed by atoms with Crippen LogP contribution in [0.15, 0.2) is 48.8 Å². The molecule has 2 heterocycles. The van der Waals surface area contributed by atoms with Crippen molar-refractivity contribution in [3.63, 3.8) is 0 Å². The first-order valence-electron chi connectivity index (χ1n) is 6.15. The summed E-state index contributed by atoms with van der Waals surface area (Å²) in [7, 11) is 1.85. The van der Waals surface area contributed by atoms with Crippen LogP contribution in [0.3, 0.4) is 0 Å². The third kappa shape index (κ3) is 2.11. The summed E-state index contributed by atoms with van der Waals surface area (Å²) in [6.45, 7) is 0.623. The fourth-order valence-corrected chi connectivity index (χ4v) is 2.32. The van der Waals surface area contributed by atoms with E-state index in [-0.39, 0.29) is 5.82 Å². The lowest BCUT2D eigenvalue weighted by Gasteiger charge is -2.11. The zero-order valence-electron chi connectivity index (χ0n) is 10.6. The number of halogens is 1. The van der Waals surface area contributed by atoms with Gasteiger partial charge in [-0.15, -0.1) is 0 Å². The van der Waals surface area contributed by atoms with Gasteiger partial charge in [0.15, 0.2) is 0 Å². The molecule has 2 aromatic heterocycles. The fourth-order valence-electron chi connectivity index (χ4n) is 2.32. The largest absolute Gasteiger partial charge is 0.316 e. The van der Waals surface area contributed by atoms with Gasteiger partial charge in [-0.25, -0.2) is 9.37 Å². The number of imidazole rings is 1. The molecular weight excluding hydrogens is 241 g/mol. The fraction of sp³-hybridized carbons (Fsp3) is 0.133. The van der Waals surface area contributed by atoms with Crippen LogP contribution in [0, 0.1) is 5.82 Å². The molecule has 0 spiro atoms. The Kier molecular flexibility index (Phi) is 3.01. The first-order chi connectivity index (χ1) is 9.29. The molecule has 3 nitrogen and oxygen atoms in total. The van der Waals surface area contributed by atoms with Crippen molar-refractivity contribution in [3.8, 4) is 11.3 Å². The minimum absolute atomic E-state index is 0.216. The van der Waals surface area contributed by atoms with E-state index >= 15 is 0 Å². The number of nitrogens with one attached hydrogen (secondary N) is 1. The van der Waals surface area contributed by atoms with Gasteiger partial charge in [0.25, 0.3) is 0 Å². The molecular formula is C15H14FN3. The standard InChI is InChI=1S/C15H14FN3/c1-17-10-11-9-12(16)5-6-13(11)14-3-2-4-15-18-7-8-19(14)15/h2-9,17H,10H2,1H3. The third-order valence-corrected chi connectivity index (χ3v) is 3.14. The SMILES string of the molecule is CNCc1cc(F)ccc1-c1cccc2nccn12. The van der Waals surface area contributed by atoms with E-state index in [4.69, 9.17) is 0 Å². The minimum Gasteiger partial charge on any atom is -0.316 e. The Labute approximate surface area is 110 Å². The van der Waals surface area contributed by atoms with Crippen LogP contribution in [0.2, 0.25) is 0 Å². The van der Waals surface area contributed by atoms with Crippen LogP contribution in [0.25, 0.3) is 16.9 Å². The van der Waals surface area contributed by atoms with E-state index < -0.39 is 0 Å². The summed E-state index contributed by atoms with van der Waals surface area (Å²) in [4.78, 5) is 4.27. The maximum absolute atomic E-state index is 13.4. The van der Waals surface area contributed by atoms with E-state index in [1.807, 2.05) is 41.9 Å². The van der Waals surface area contributed by atoms with E-state index in [2.05, 4.69) is 10.3 Å². The number of pyridine rings is 1. The molecule has 0 atom stereocenters. The molecule has 0 aliphatic heterocycles. The predicted molar refractivity (Wildman–Crippen MR) is 73.3 cm³/mol. The first kappa shape index (κ1) is 11.9. The maximum Gasteiger partial charge on any atom is 0.137 e. The monoisotopic (exact) mass is 255 g/mol. The maximum atomic E-state index is 13.4. The van der Waals surface area contributed by atoms with Crippen molar-refractivity contribution in [1.29, 1.82) is 0 Å². The molecule has 0 saturated heterocycles. The van der Waals surface area contributed by atoms with Crippen LogP contribution in [0.1, 0.15) is 5.56 Å². The number of hydrogen-bond acceptors (Lipinski definition) is 2. The highest BCUT2D eigenvalue weighted by Crippen LogP contribution is 2.25. The zero-order valence-corrected chi connectivity index (χ0v) is 10.6. The molecule has 1 N–H and O–H groups in total. The Balaban J connectivity index is 2.23. The van der Waals surface area contributed by atoms with Gasteiger partial charge < -0.3 is 5.32 Å². The molecule has 0 amide bonds. The number of hydrogen-bond donors (Lipinski definition) is 1. The van der Waals surface area contributed by atoms with Gasteiger partial charge in [0.1, 0.15) is 11.5 Å². The van der Waals surface area contributed by atoms with Gasteiger partial charge in [0.05, 0.1) is 5.69 Å². The van der Waals surface area contributed by atoms with Gasteiger partial charge in [-0.05, 0) is 42.9 Å². The summed E-state index contributed by atoms with van der Waals surface area (Å²) in [5, 5.41) is 3.07. The third-order valence-electron chi connectivity index (χ3n) is 3.14. The molecule has 3 rings (SSSR count). The Morgan fingerprint density at radius 2 is 2.16 bits per heavy atom. The molecule has 0 fully saturated rings. The molecule has 4 heteroatoms. The normalized spacial score (nSPS) is 11.1. The van der Waals surface area contributed by atoms with Gasteiger partial charge >= 0.3 is 0 Å². The Bertz CT molecular complexity index is 718. The highest BCUT2D eigenvalue weighted by molar-refractivity contribution is 5.67. The zero-order chi connectivity index (χ0) is 13.2. The van der Waals surface area contributed by atoms with Gasteiger partial charge in [-0.1, -0.05) is 6.07 Å². The van der Waals surface area contributed by atoms with Crippen LogP contribution < -0.4 is 5.32 Å². The van der Waals surface area contributed by atoms with E-state index in [1.54, 1.807) is 12.3 Å². The Morgan fingerprint density at radius 1 is 1.26 bits per heavy atom. The van der Waals surface area contributed by atoms with Crippen molar-refractivity contribution < 1.29 is 4.39 Å². The molecule has 0 saturated carbocycles. The number of fused-ring (bicyclic) bond motifs is 1. The van der Waals surface area contributed by atoms with Crippen molar-refractivity contribution >= 4 is 5.65 Å². The number of aromatic nitrogens is 2. The molecule has 0 aliphatic carbocycles. The van der Waals surface area contributed by atoms with E-state index in [0.717, 1.165) is 22.5 Å². The lowest BCUT2D eigenvalue weighted by molar-refractivity contribution is 0.624. The Hall–Kier alpha value is -2.20. The summed E-state index contributed by atoms with van der Waals surface area (Å²) < 4.78 is 15.4. The van der Waals surface area contributed by atoms with E-state index in [1.165, 1.54) is 6.07 Å². The molecule has 3 aromatic rings. The number of benzene rings is 1. The van der Waals surface area contributed by atoms with Crippen molar-refractivity contribution in [3.05, 3.63) is 60.2 Å². The minimum atomic E-state index is -0.216. The number of rotatable bonds is 3. The van der Waals surface area contributed by atoms with Gasteiger partial charge in [-0.2, -0.15) is 0 Å². The lowest BCUT2D eigenvalue weighted by atomic mass is 10.0. The first-order valence-corrected chi connectivity index (χ1v) is 6.15. The second kappa shape index (κ2) is 4.82. The highest BCUT2D eigenvalue weighted by Gasteiger charge is 2.09. The van der Waals surface area contributed by atoms with Crippen molar-refractivity contribution in [2.75, 3.05) is 7.05 Å². The molecule has 19 heavy (non-hydrogen) atoms. The highest BCUT2D eigenvalue weighted by atomic mass is 19.1. The smallest absolute Gasteiger partial charge is 0.137 e. The summed E-state index contributed by atoms with van der Waals surface area (Å²) in [5.74, 6) is -0.216. The predicted octanol–water partition coefficient (Wildman–Crippen LogP) is 2.86. The molecule has 0 aliphatic rings. The average molecular weight is 255 g/mol. The summed E-state index contributed by atoms with van der Waals surface area (Å²) in [5.41, 5.74) is 3.85. The van der Waals surface area contributed by atoms with E-state index in [0.29, 0.717) is 6.54 Å².